The molecule has 0 spiro atoms. The monoisotopic (exact) mass is 499 g/mol. The largest absolute Gasteiger partial charge is 0.365 e. The maximum atomic E-state index is 13.7. The molecule has 3 N–H and O–H groups in total. The van der Waals surface area contributed by atoms with Crippen LogP contribution >= 0.6 is 11.6 Å². The van der Waals surface area contributed by atoms with Crippen molar-refractivity contribution in [3.63, 3.8) is 0 Å². The molecule has 34 heavy (non-hydrogen) atoms. The van der Waals surface area contributed by atoms with Crippen LogP contribution in [-0.2, 0) is 9.84 Å². The Hall–Kier alpha value is -3.17. The molecule has 1 amide bonds. The number of hydrogen-bond acceptors (Lipinski definition) is 7. The Bertz CT molecular complexity index is 1360. The second kappa shape index (κ2) is 8.88. The Balaban J connectivity index is 1.79. The number of carbonyl (C=O) groups is 1. The van der Waals surface area contributed by atoms with Crippen molar-refractivity contribution in [2.45, 2.75) is 42.7 Å². The Kier molecular flexibility index (Phi) is 6.26. The molecular weight excluding hydrogens is 474 g/mol. The third kappa shape index (κ3) is 4.45. The van der Waals surface area contributed by atoms with Crippen LogP contribution in [0.15, 0.2) is 64.6 Å². The number of hydrogen-bond donors (Lipinski definition) is 2. The van der Waals surface area contributed by atoms with Crippen molar-refractivity contribution in [2.24, 2.45) is 11.7 Å². The summed E-state index contributed by atoms with van der Waals surface area (Å²) in [5.41, 5.74) is 5.86. The number of sulfone groups is 1. The second-order valence-electron chi connectivity index (χ2n) is 9.07. The van der Waals surface area contributed by atoms with Gasteiger partial charge in [-0.05, 0) is 56.5 Å². The third-order valence-corrected chi connectivity index (χ3v) is 7.92. The van der Waals surface area contributed by atoms with Crippen molar-refractivity contribution in [1.82, 2.24) is 9.97 Å². The Labute approximate surface area is 204 Å². The summed E-state index contributed by atoms with van der Waals surface area (Å²) in [5.74, 6) is 0.0567. The number of nitrogens with one attached hydrogen (secondary N) is 1. The molecule has 1 unspecified atom stereocenters. The number of aromatic nitrogens is 2. The predicted octanol–water partition coefficient (Wildman–Crippen LogP) is 4.43. The molecule has 1 fully saturated rings. The zero-order valence-corrected chi connectivity index (χ0v) is 20.7. The van der Waals surface area contributed by atoms with E-state index in [0.717, 1.165) is 6.42 Å². The molecule has 0 aliphatic carbocycles. The predicted molar refractivity (Wildman–Crippen MR) is 132 cm³/mol. The number of nitrogens with zero attached hydrogens (tertiary/aromatic N) is 3. The van der Waals surface area contributed by atoms with Gasteiger partial charge in [-0.25, -0.2) is 18.4 Å². The Morgan fingerprint density at radius 1 is 1.18 bits per heavy atom. The van der Waals surface area contributed by atoms with Crippen molar-refractivity contribution in [3.05, 3.63) is 65.3 Å². The fourth-order valence-electron chi connectivity index (χ4n) is 4.50. The first-order chi connectivity index (χ1) is 16.0. The lowest BCUT2D eigenvalue weighted by molar-refractivity contribution is 0.0997. The number of benzene rings is 1. The van der Waals surface area contributed by atoms with E-state index in [2.05, 4.69) is 22.2 Å². The summed E-state index contributed by atoms with van der Waals surface area (Å²) < 4.78 is 27.3. The van der Waals surface area contributed by atoms with E-state index in [4.69, 9.17) is 17.3 Å². The summed E-state index contributed by atoms with van der Waals surface area (Å²) in [7, 11) is -4.19. The lowest BCUT2D eigenvalue weighted by atomic mass is 9.97. The van der Waals surface area contributed by atoms with Gasteiger partial charge < -0.3 is 16.0 Å². The minimum atomic E-state index is -4.19. The number of pyridine rings is 2. The van der Waals surface area contributed by atoms with Crippen LogP contribution in [0.1, 0.15) is 37.6 Å². The van der Waals surface area contributed by atoms with Gasteiger partial charge >= 0.3 is 0 Å². The molecule has 4 rings (SSSR count). The summed E-state index contributed by atoms with van der Waals surface area (Å²) in [6, 6.07) is 12.9. The van der Waals surface area contributed by atoms with Gasteiger partial charge in [-0.3, -0.25) is 4.79 Å². The summed E-state index contributed by atoms with van der Waals surface area (Å²) in [6.45, 7) is 6.82. The molecule has 0 bridgehead atoms. The molecule has 1 aromatic carbocycles. The van der Waals surface area contributed by atoms with E-state index in [0.29, 0.717) is 29.0 Å². The molecular formula is C24H26ClN5O3S. The van der Waals surface area contributed by atoms with Gasteiger partial charge in [-0.15, -0.1) is 0 Å². The maximum Gasteiger partial charge on any atom is 0.253 e. The maximum absolute atomic E-state index is 13.7. The summed E-state index contributed by atoms with van der Waals surface area (Å²) in [6.07, 6.45) is 2.26. The molecule has 3 heterocycles. The van der Waals surface area contributed by atoms with Crippen LogP contribution < -0.4 is 16.0 Å². The Morgan fingerprint density at radius 3 is 2.56 bits per heavy atom. The standard InChI is InChI=1S/C24H26ClN5O3S/c1-15-13-24(2,3)30(14-15)23-21(22(26)31)18(11-12-27-23)34(32,33)20-10-6-9-19(29-20)28-17-8-5-4-7-16(17)25/h4-12,15H,13-14H2,1-3H3,(H2,26,31)(H,28,29). The quantitative estimate of drug-likeness (QED) is 0.515. The van der Waals surface area contributed by atoms with Crippen molar-refractivity contribution >= 4 is 44.7 Å². The van der Waals surface area contributed by atoms with Gasteiger partial charge in [0.15, 0.2) is 5.03 Å². The zero-order chi connectivity index (χ0) is 24.7. The summed E-state index contributed by atoms with van der Waals surface area (Å²) >= 11 is 6.20. The Morgan fingerprint density at radius 2 is 1.91 bits per heavy atom. The minimum absolute atomic E-state index is 0.129. The van der Waals surface area contributed by atoms with Gasteiger partial charge in [-0.2, -0.15) is 0 Å². The van der Waals surface area contributed by atoms with E-state index in [1.165, 1.54) is 18.3 Å². The number of anilines is 3. The van der Waals surface area contributed by atoms with E-state index in [9.17, 15) is 13.2 Å². The van der Waals surface area contributed by atoms with Gasteiger partial charge in [0.05, 0.1) is 15.6 Å². The van der Waals surface area contributed by atoms with E-state index < -0.39 is 15.7 Å². The smallest absolute Gasteiger partial charge is 0.253 e. The fraction of sp³-hybridized carbons (Fsp3) is 0.292. The minimum Gasteiger partial charge on any atom is -0.365 e. The average Bonchev–Trinajstić information content (AvgIpc) is 3.06. The van der Waals surface area contributed by atoms with Crippen molar-refractivity contribution in [1.29, 1.82) is 0 Å². The fourth-order valence-corrected chi connectivity index (χ4v) is 6.09. The normalized spacial score (nSPS) is 17.5. The topological polar surface area (TPSA) is 118 Å². The zero-order valence-electron chi connectivity index (χ0n) is 19.1. The number of primary amides is 1. The number of carbonyl (C=O) groups excluding carboxylic acids is 1. The summed E-state index contributed by atoms with van der Waals surface area (Å²) in [4.78, 5) is 23.0. The molecule has 8 nitrogen and oxygen atoms in total. The molecule has 1 atom stereocenters. The van der Waals surface area contributed by atoms with Gasteiger partial charge in [0, 0.05) is 18.3 Å². The van der Waals surface area contributed by atoms with E-state index in [-0.39, 0.29) is 26.8 Å². The van der Waals surface area contributed by atoms with Gasteiger partial charge in [0.25, 0.3) is 5.91 Å². The van der Waals surface area contributed by atoms with Crippen LogP contribution in [0.3, 0.4) is 0 Å². The highest BCUT2D eigenvalue weighted by molar-refractivity contribution is 7.91. The van der Waals surface area contributed by atoms with Crippen LogP contribution in [0.4, 0.5) is 17.3 Å². The molecule has 1 aliphatic heterocycles. The molecule has 0 radical (unpaired) electrons. The van der Waals surface area contributed by atoms with Crippen molar-refractivity contribution in [3.8, 4) is 0 Å². The number of amides is 1. The van der Waals surface area contributed by atoms with Gasteiger partial charge in [-0.1, -0.05) is 36.7 Å². The van der Waals surface area contributed by atoms with Crippen LogP contribution in [0.2, 0.25) is 5.02 Å². The van der Waals surface area contributed by atoms with Crippen LogP contribution in [-0.4, -0.2) is 36.4 Å². The van der Waals surface area contributed by atoms with Crippen molar-refractivity contribution in [2.75, 3.05) is 16.8 Å². The third-order valence-electron chi connectivity index (χ3n) is 5.89. The number of rotatable bonds is 6. The highest BCUT2D eigenvalue weighted by atomic mass is 35.5. The first-order valence-electron chi connectivity index (χ1n) is 10.8. The number of para-hydroxylation sites is 1. The van der Waals surface area contributed by atoms with Gasteiger partial charge in [0.1, 0.15) is 17.2 Å². The highest BCUT2D eigenvalue weighted by Gasteiger charge is 2.40. The van der Waals surface area contributed by atoms with Crippen LogP contribution in [0, 0.1) is 5.92 Å². The number of halogens is 1. The first kappa shape index (κ1) is 24.0. The number of nitrogens with two attached hydrogens (primary N) is 1. The lowest BCUT2D eigenvalue weighted by Crippen LogP contribution is -2.40. The van der Waals surface area contributed by atoms with Crippen molar-refractivity contribution < 1.29 is 13.2 Å². The molecule has 0 saturated carbocycles. The molecule has 1 saturated heterocycles. The second-order valence-corrected chi connectivity index (χ2v) is 11.3. The van der Waals surface area contributed by atoms with E-state index in [1.54, 1.807) is 36.4 Å². The molecule has 1 aliphatic rings. The summed E-state index contributed by atoms with van der Waals surface area (Å²) in [5, 5.41) is 3.27. The SMILES string of the molecule is CC1CN(c2nccc(S(=O)(=O)c3cccc(Nc4ccccc4Cl)n3)c2C(N)=O)C(C)(C)C1. The first-order valence-corrected chi connectivity index (χ1v) is 12.7. The van der Waals surface area contributed by atoms with Crippen LogP contribution in [0.25, 0.3) is 0 Å². The van der Waals surface area contributed by atoms with E-state index in [1.807, 2.05) is 18.7 Å². The molecule has 3 aromatic rings. The average molecular weight is 500 g/mol. The van der Waals surface area contributed by atoms with Crippen LogP contribution in [0.5, 0.6) is 0 Å². The lowest BCUT2D eigenvalue weighted by Gasteiger charge is -2.33. The molecule has 178 valence electrons. The van der Waals surface area contributed by atoms with Gasteiger partial charge in [0.2, 0.25) is 9.84 Å². The van der Waals surface area contributed by atoms with E-state index >= 15 is 0 Å². The molecule has 2 aromatic heterocycles. The molecule has 10 heteroatoms. The highest BCUT2D eigenvalue weighted by Crippen LogP contribution is 2.39.